The molecular weight excluding hydrogens is 287 g/mol. The lowest BCUT2D eigenvalue weighted by Crippen LogP contribution is -2.12. The van der Waals surface area contributed by atoms with Crippen molar-refractivity contribution in [1.82, 2.24) is 0 Å². The number of nitrogens with two attached hydrogens (primary N) is 1. The molecule has 0 bridgehead atoms. The third-order valence-electron chi connectivity index (χ3n) is 2.36. The summed E-state index contributed by atoms with van der Waals surface area (Å²) in [6.07, 6.45) is 0. The lowest BCUT2D eigenvalue weighted by atomic mass is 10.2. The number of hydrogen-bond acceptors (Lipinski definition) is 3. The van der Waals surface area contributed by atoms with Crippen LogP contribution in [0.1, 0.15) is 5.56 Å². The van der Waals surface area contributed by atoms with Gasteiger partial charge >= 0.3 is 0 Å². The molecule has 0 unspecified atom stereocenters. The predicted molar refractivity (Wildman–Crippen MR) is 74.5 cm³/mol. The first-order valence-electron chi connectivity index (χ1n) is 5.31. The molecule has 0 aliphatic rings. The Labute approximate surface area is 118 Å². The second-order valence-corrected chi connectivity index (χ2v) is 5.21. The van der Waals surface area contributed by atoms with Crippen molar-refractivity contribution >= 4 is 29.2 Å². The Morgan fingerprint density at radius 2 is 2.05 bits per heavy atom. The van der Waals surface area contributed by atoms with Gasteiger partial charge in [-0.1, -0.05) is 34.6 Å². The van der Waals surface area contributed by atoms with Crippen molar-refractivity contribution in [2.24, 2.45) is 10.9 Å². The van der Waals surface area contributed by atoms with Crippen LogP contribution in [0.25, 0.3) is 0 Å². The van der Waals surface area contributed by atoms with Crippen LogP contribution < -0.4 is 5.73 Å². The van der Waals surface area contributed by atoms with Gasteiger partial charge in [0.2, 0.25) is 0 Å². The molecule has 2 aromatic rings. The van der Waals surface area contributed by atoms with Crippen molar-refractivity contribution in [1.29, 1.82) is 0 Å². The van der Waals surface area contributed by atoms with Crippen LogP contribution in [0.4, 0.5) is 4.39 Å². The van der Waals surface area contributed by atoms with Gasteiger partial charge in [-0.15, -0.1) is 0 Å². The van der Waals surface area contributed by atoms with Crippen LogP contribution in [0, 0.1) is 5.82 Å². The van der Waals surface area contributed by atoms with E-state index >= 15 is 0 Å². The second-order valence-electron chi connectivity index (χ2n) is 3.69. The number of halogens is 2. The highest BCUT2D eigenvalue weighted by atomic mass is 35.5. The molecule has 2 rings (SSSR count). The predicted octanol–water partition coefficient (Wildman–Crippen LogP) is 3.72. The molecule has 3 nitrogen and oxygen atoms in total. The molecule has 0 aliphatic heterocycles. The summed E-state index contributed by atoms with van der Waals surface area (Å²) >= 11 is 7.45. The molecule has 0 aromatic heterocycles. The van der Waals surface area contributed by atoms with Gasteiger partial charge in [0.15, 0.2) is 5.84 Å². The quantitative estimate of drug-likeness (QED) is 0.393. The van der Waals surface area contributed by atoms with E-state index in [0.29, 0.717) is 10.6 Å². The van der Waals surface area contributed by atoms with Crippen molar-refractivity contribution in [3.8, 4) is 0 Å². The topological polar surface area (TPSA) is 58.6 Å². The van der Waals surface area contributed by atoms with E-state index in [4.69, 9.17) is 22.5 Å². The van der Waals surface area contributed by atoms with Gasteiger partial charge in [-0.2, -0.15) is 0 Å². The smallest absolute Gasteiger partial charge is 0.170 e. The van der Waals surface area contributed by atoms with E-state index in [9.17, 15) is 4.39 Å². The first-order valence-corrected chi connectivity index (χ1v) is 6.50. The van der Waals surface area contributed by atoms with E-state index in [1.807, 2.05) is 0 Å². The number of hydrogen-bond donors (Lipinski definition) is 2. The van der Waals surface area contributed by atoms with E-state index < -0.39 is 0 Å². The Kier molecular flexibility index (Phi) is 4.29. The van der Waals surface area contributed by atoms with E-state index in [2.05, 4.69) is 5.16 Å². The largest absolute Gasteiger partial charge is 0.409 e. The second kappa shape index (κ2) is 5.95. The normalized spacial score (nSPS) is 11.6. The lowest BCUT2D eigenvalue weighted by molar-refractivity contribution is 0.318. The monoisotopic (exact) mass is 296 g/mol. The fourth-order valence-corrected chi connectivity index (χ4v) is 2.62. The first kappa shape index (κ1) is 13.7. The summed E-state index contributed by atoms with van der Waals surface area (Å²) in [6, 6.07) is 11.3. The van der Waals surface area contributed by atoms with Gasteiger partial charge in [0.1, 0.15) is 5.82 Å². The zero-order valence-electron chi connectivity index (χ0n) is 9.68. The van der Waals surface area contributed by atoms with Crippen LogP contribution in [0.15, 0.2) is 57.4 Å². The Morgan fingerprint density at radius 1 is 1.26 bits per heavy atom. The van der Waals surface area contributed by atoms with E-state index in [1.54, 1.807) is 30.3 Å². The van der Waals surface area contributed by atoms with Gasteiger partial charge in [-0.05, 0) is 36.4 Å². The maximum atomic E-state index is 13.1. The van der Waals surface area contributed by atoms with Crippen molar-refractivity contribution in [3.63, 3.8) is 0 Å². The van der Waals surface area contributed by atoms with Gasteiger partial charge < -0.3 is 10.9 Å². The van der Waals surface area contributed by atoms with Crippen LogP contribution in [0.2, 0.25) is 5.02 Å². The Balaban J connectivity index is 2.27. The van der Waals surface area contributed by atoms with Crippen LogP contribution in [0.5, 0.6) is 0 Å². The minimum atomic E-state index is -0.297. The number of amidine groups is 1. The molecule has 0 saturated heterocycles. The fraction of sp³-hybridized carbons (Fsp3) is 0. The molecule has 0 radical (unpaired) electrons. The van der Waals surface area contributed by atoms with Gasteiger partial charge in [-0.3, -0.25) is 0 Å². The average molecular weight is 297 g/mol. The lowest BCUT2D eigenvalue weighted by Gasteiger charge is -2.06. The number of nitrogens with zero attached hydrogens (tertiary/aromatic N) is 1. The van der Waals surface area contributed by atoms with Gasteiger partial charge in [0.25, 0.3) is 0 Å². The first-order chi connectivity index (χ1) is 9.10. The SMILES string of the molecule is NC(=NO)c1ccc(Sc2cccc(F)c2)c(Cl)c1. The molecule has 0 atom stereocenters. The molecular formula is C13H10ClFN2OS. The fourth-order valence-electron chi connectivity index (χ4n) is 1.46. The summed E-state index contributed by atoms with van der Waals surface area (Å²) in [4.78, 5) is 1.51. The summed E-state index contributed by atoms with van der Waals surface area (Å²) < 4.78 is 13.1. The number of rotatable bonds is 3. The summed E-state index contributed by atoms with van der Waals surface area (Å²) in [5.41, 5.74) is 5.99. The highest BCUT2D eigenvalue weighted by Crippen LogP contribution is 2.33. The maximum Gasteiger partial charge on any atom is 0.170 e. The number of oxime groups is 1. The summed E-state index contributed by atoms with van der Waals surface area (Å²) in [6.45, 7) is 0. The number of benzene rings is 2. The van der Waals surface area contributed by atoms with Crippen molar-refractivity contribution < 1.29 is 9.60 Å². The third kappa shape index (κ3) is 3.39. The molecule has 3 N–H and O–H groups in total. The van der Waals surface area contributed by atoms with Crippen LogP contribution in [0.3, 0.4) is 0 Å². The third-order valence-corrected chi connectivity index (χ3v) is 3.85. The molecule has 0 heterocycles. The molecule has 19 heavy (non-hydrogen) atoms. The van der Waals surface area contributed by atoms with Crippen LogP contribution in [-0.4, -0.2) is 11.0 Å². The van der Waals surface area contributed by atoms with Gasteiger partial charge in [0, 0.05) is 15.4 Å². The average Bonchev–Trinajstić information content (AvgIpc) is 2.40. The Bertz CT molecular complexity index is 634. The zero-order chi connectivity index (χ0) is 13.8. The molecule has 0 fully saturated rings. The summed E-state index contributed by atoms with van der Waals surface area (Å²) in [5, 5.41) is 11.9. The molecule has 98 valence electrons. The molecule has 0 aliphatic carbocycles. The maximum absolute atomic E-state index is 13.1. The minimum absolute atomic E-state index is 0.00999. The summed E-state index contributed by atoms with van der Waals surface area (Å²) in [5.74, 6) is -0.307. The van der Waals surface area contributed by atoms with Crippen LogP contribution in [-0.2, 0) is 0 Å². The Morgan fingerprint density at radius 3 is 2.68 bits per heavy atom. The minimum Gasteiger partial charge on any atom is -0.409 e. The highest BCUT2D eigenvalue weighted by Gasteiger charge is 2.07. The van der Waals surface area contributed by atoms with E-state index in [1.165, 1.54) is 23.9 Å². The summed E-state index contributed by atoms with van der Waals surface area (Å²) in [7, 11) is 0. The zero-order valence-corrected chi connectivity index (χ0v) is 11.2. The van der Waals surface area contributed by atoms with E-state index in [-0.39, 0.29) is 11.7 Å². The molecule has 0 amide bonds. The van der Waals surface area contributed by atoms with Crippen LogP contribution >= 0.6 is 23.4 Å². The molecule has 0 saturated carbocycles. The molecule has 0 spiro atoms. The standard InChI is InChI=1S/C13H10ClFN2OS/c14-11-6-8(13(16)17-18)4-5-12(11)19-10-3-1-2-9(15)7-10/h1-7,18H,(H2,16,17). The van der Waals surface area contributed by atoms with Crippen molar-refractivity contribution in [2.45, 2.75) is 9.79 Å². The Hall–Kier alpha value is -1.72. The molecule has 2 aromatic carbocycles. The van der Waals surface area contributed by atoms with Gasteiger partial charge in [-0.25, -0.2) is 4.39 Å². The van der Waals surface area contributed by atoms with Crippen molar-refractivity contribution in [2.75, 3.05) is 0 Å². The highest BCUT2D eigenvalue weighted by molar-refractivity contribution is 7.99. The van der Waals surface area contributed by atoms with E-state index in [0.717, 1.165) is 9.79 Å². The van der Waals surface area contributed by atoms with Crippen molar-refractivity contribution in [3.05, 3.63) is 58.9 Å². The molecule has 6 heteroatoms. The van der Waals surface area contributed by atoms with Gasteiger partial charge in [0.05, 0.1) is 5.02 Å².